The Hall–Kier alpha value is -0.500. The van der Waals surface area contributed by atoms with Crippen molar-refractivity contribution in [2.24, 2.45) is 0 Å². The molecule has 19 heavy (non-hydrogen) atoms. The largest absolute Gasteiger partial charge is 0.373 e. The van der Waals surface area contributed by atoms with Crippen LogP contribution in [0.5, 0.6) is 0 Å². The molecule has 0 spiro atoms. The Bertz CT molecular complexity index is 607. The number of rotatable bonds is 3. The monoisotopic (exact) mass is 349 g/mol. The molecule has 0 aliphatic carbocycles. The van der Waals surface area contributed by atoms with Gasteiger partial charge in [0.1, 0.15) is 10.7 Å². The highest BCUT2D eigenvalue weighted by Gasteiger charge is 2.42. The van der Waals surface area contributed by atoms with Gasteiger partial charge in [-0.3, -0.25) is 0 Å². The van der Waals surface area contributed by atoms with Crippen LogP contribution in [-0.4, -0.2) is 26.7 Å². The van der Waals surface area contributed by atoms with Gasteiger partial charge in [-0.1, -0.05) is 15.9 Å². The lowest BCUT2D eigenvalue weighted by molar-refractivity contribution is 0.0996. The third-order valence-corrected chi connectivity index (χ3v) is 5.61. The van der Waals surface area contributed by atoms with Crippen LogP contribution in [0, 0.1) is 5.82 Å². The lowest BCUT2D eigenvalue weighted by Crippen LogP contribution is -2.41. The minimum absolute atomic E-state index is 0.0710. The molecule has 0 radical (unpaired) electrons. The molecule has 2 aliphatic rings. The second-order valence-corrected chi connectivity index (χ2v) is 7.51. The zero-order chi connectivity index (χ0) is 13.6. The first kappa shape index (κ1) is 13.5. The number of sulfonamides is 1. The molecule has 2 heterocycles. The van der Waals surface area contributed by atoms with Crippen molar-refractivity contribution in [3.63, 3.8) is 0 Å². The molecule has 2 fully saturated rings. The molecule has 1 N–H and O–H groups in total. The summed E-state index contributed by atoms with van der Waals surface area (Å²) < 4.78 is 46.7. The van der Waals surface area contributed by atoms with Crippen molar-refractivity contribution in [1.29, 1.82) is 0 Å². The van der Waals surface area contributed by atoms with Gasteiger partial charge in [-0.25, -0.2) is 17.5 Å². The molecule has 3 rings (SSSR count). The van der Waals surface area contributed by atoms with Gasteiger partial charge >= 0.3 is 0 Å². The van der Waals surface area contributed by atoms with Crippen LogP contribution in [0.15, 0.2) is 27.6 Å². The summed E-state index contributed by atoms with van der Waals surface area (Å²) in [5.41, 5.74) is 0. The molecule has 1 aromatic carbocycles. The van der Waals surface area contributed by atoms with Crippen LogP contribution in [0.1, 0.15) is 19.3 Å². The fourth-order valence-corrected chi connectivity index (χ4v) is 4.39. The fraction of sp³-hybridized carbons (Fsp3) is 0.500. The number of halogens is 2. The Morgan fingerprint density at radius 2 is 2.16 bits per heavy atom. The van der Waals surface area contributed by atoms with Crippen molar-refractivity contribution < 1.29 is 17.5 Å². The van der Waals surface area contributed by atoms with E-state index in [2.05, 4.69) is 20.7 Å². The van der Waals surface area contributed by atoms with E-state index in [-0.39, 0.29) is 23.1 Å². The molecule has 0 amide bonds. The zero-order valence-electron chi connectivity index (χ0n) is 9.97. The summed E-state index contributed by atoms with van der Waals surface area (Å²) in [5, 5.41) is 0. The van der Waals surface area contributed by atoms with Crippen LogP contribution < -0.4 is 4.72 Å². The third-order valence-electron chi connectivity index (χ3n) is 3.60. The lowest BCUT2D eigenvalue weighted by Gasteiger charge is -2.20. The summed E-state index contributed by atoms with van der Waals surface area (Å²) in [5.74, 6) is -0.758. The van der Waals surface area contributed by atoms with E-state index in [0.29, 0.717) is 10.9 Å². The molecule has 2 saturated heterocycles. The molecule has 0 aromatic heterocycles. The molecule has 104 valence electrons. The molecule has 2 aliphatic heterocycles. The Morgan fingerprint density at radius 1 is 1.37 bits per heavy atom. The standard InChI is InChI=1S/C12H13BrFNO3S/c13-7-1-4-12(9(14)5-7)19(16,17)15-10-6-8-2-3-11(10)18-8/h1,4-5,8,10-11,15H,2-3,6H2. The van der Waals surface area contributed by atoms with Gasteiger partial charge in [0.05, 0.1) is 18.2 Å². The second-order valence-electron chi connectivity index (χ2n) is 4.91. The first-order valence-electron chi connectivity index (χ1n) is 6.08. The summed E-state index contributed by atoms with van der Waals surface area (Å²) >= 11 is 3.10. The van der Waals surface area contributed by atoms with Gasteiger partial charge in [-0.2, -0.15) is 0 Å². The highest BCUT2D eigenvalue weighted by molar-refractivity contribution is 9.10. The van der Waals surface area contributed by atoms with Gasteiger partial charge in [0.2, 0.25) is 10.0 Å². The molecule has 3 atom stereocenters. The van der Waals surface area contributed by atoms with Crippen LogP contribution in [0.3, 0.4) is 0 Å². The van der Waals surface area contributed by atoms with Gasteiger partial charge in [-0.15, -0.1) is 0 Å². The lowest BCUT2D eigenvalue weighted by atomic mass is 9.96. The first-order chi connectivity index (χ1) is 8.95. The zero-order valence-corrected chi connectivity index (χ0v) is 12.4. The summed E-state index contributed by atoms with van der Waals surface area (Å²) in [6, 6.07) is 3.67. The van der Waals surface area contributed by atoms with E-state index in [0.717, 1.165) is 18.9 Å². The Labute approximate surface area is 119 Å². The van der Waals surface area contributed by atoms with Crippen molar-refractivity contribution in [2.75, 3.05) is 0 Å². The number of hydrogen-bond donors (Lipinski definition) is 1. The van der Waals surface area contributed by atoms with Crippen LogP contribution in [0.4, 0.5) is 4.39 Å². The highest BCUT2D eigenvalue weighted by atomic mass is 79.9. The predicted octanol–water partition coefficient (Wildman–Crippen LogP) is 2.19. The fourth-order valence-electron chi connectivity index (χ4n) is 2.72. The number of hydrogen-bond acceptors (Lipinski definition) is 3. The van der Waals surface area contributed by atoms with Crippen molar-refractivity contribution >= 4 is 26.0 Å². The molecular formula is C12H13BrFNO3S. The minimum Gasteiger partial charge on any atom is -0.373 e. The highest BCUT2D eigenvalue weighted by Crippen LogP contribution is 2.35. The van der Waals surface area contributed by atoms with Crippen LogP contribution in [0.2, 0.25) is 0 Å². The first-order valence-corrected chi connectivity index (χ1v) is 8.36. The molecule has 4 nitrogen and oxygen atoms in total. The van der Waals surface area contributed by atoms with Gasteiger partial charge in [0.25, 0.3) is 0 Å². The van der Waals surface area contributed by atoms with E-state index in [1.165, 1.54) is 12.1 Å². The van der Waals surface area contributed by atoms with Gasteiger partial charge in [-0.05, 0) is 37.5 Å². The Morgan fingerprint density at radius 3 is 2.74 bits per heavy atom. The summed E-state index contributed by atoms with van der Waals surface area (Å²) in [4.78, 5) is -0.321. The third kappa shape index (κ3) is 2.56. The van der Waals surface area contributed by atoms with E-state index >= 15 is 0 Å². The van der Waals surface area contributed by atoms with Gasteiger partial charge in [0, 0.05) is 4.47 Å². The average molecular weight is 350 g/mol. The summed E-state index contributed by atoms with van der Waals surface area (Å²) in [6.07, 6.45) is 2.59. The SMILES string of the molecule is O=S(=O)(NC1CC2CCC1O2)c1ccc(Br)cc1F. The van der Waals surface area contributed by atoms with Crippen molar-refractivity contribution in [1.82, 2.24) is 4.72 Å². The number of ether oxygens (including phenoxy) is 1. The average Bonchev–Trinajstić information content (AvgIpc) is 2.89. The van der Waals surface area contributed by atoms with E-state index < -0.39 is 15.8 Å². The Balaban J connectivity index is 1.83. The molecular weight excluding hydrogens is 337 g/mol. The maximum Gasteiger partial charge on any atom is 0.243 e. The van der Waals surface area contributed by atoms with Gasteiger partial charge < -0.3 is 4.74 Å². The topological polar surface area (TPSA) is 55.4 Å². The van der Waals surface area contributed by atoms with Crippen molar-refractivity contribution in [3.8, 4) is 0 Å². The molecule has 1 aromatic rings. The van der Waals surface area contributed by atoms with Crippen molar-refractivity contribution in [2.45, 2.75) is 42.4 Å². The summed E-state index contributed by atoms with van der Waals surface area (Å²) in [6.45, 7) is 0. The molecule has 3 unspecified atom stereocenters. The molecule has 7 heteroatoms. The van der Waals surface area contributed by atoms with E-state index in [9.17, 15) is 12.8 Å². The van der Waals surface area contributed by atoms with E-state index in [1.54, 1.807) is 0 Å². The predicted molar refractivity (Wildman–Crippen MR) is 70.7 cm³/mol. The molecule has 2 bridgehead atoms. The number of fused-ring (bicyclic) bond motifs is 2. The van der Waals surface area contributed by atoms with Crippen LogP contribution in [0.25, 0.3) is 0 Å². The van der Waals surface area contributed by atoms with Crippen LogP contribution in [-0.2, 0) is 14.8 Å². The smallest absolute Gasteiger partial charge is 0.243 e. The van der Waals surface area contributed by atoms with E-state index in [4.69, 9.17) is 4.74 Å². The van der Waals surface area contributed by atoms with Crippen molar-refractivity contribution in [3.05, 3.63) is 28.5 Å². The number of nitrogens with one attached hydrogen (secondary N) is 1. The Kier molecular flexibility index (Phi) is 3.41. The number of benzene rings is 1. The normalized spacial score (nSPS) is 29.9. The maximum absolute atomic E-state index is 13.7. The maximum atomic E-state index is 13.7. The second kappa shape index (κ2) is 4.80. The quantitative estimate of drug-likeness (QED) is 0.909. The van der Waals surface area contributed by atoms with Crippen LogP contribution >= 0.6 is 15.9 Å². The summed E-state index contributed by atoms with van der Waals surface area (Å²) in [7, 11) is -3.84. The minimum atomic E-state index is -3.84. The van der Waals surface area contributed by atoms with Gasteiger partial charge in [0.15, 0.2) is 0 Å². The molecule has 0 saturated carbocycles. The van der Waals surface area contributed by atoms with E-state index in [1.807, 2.05) is 0 Å².